The van der Waals surface area contributed by atoms with Gasteiger partial charge in [0.25, 0.3) is 0 Å². The Balaban J connectivity index is 2.38. The van der Waals surface area contributed by atoms with Gasteiger partial charge in [-0.2, -0.15) is 12.6 Å². The third kappa shape index (κ3) is 8.75. The lowest BCUT2D eigenvalue weighted by Gasteiger charge is -2.17. The summed E-state index contributed by atoms with van der Waals surface area (Å²) in [6.07, 6.45) is 4.64. The van der Waals surface area contributed by atoms with Crippen molar-refractivity contribution >= 4 is 36.3 Å². The van der Waals surface area contributed by atoms with Crippen LogP contribution in [0.15, 0.2) is 12.4 Å². The van der Waals surface area contributed by atoms with Crippen LogP contribution in [-0.2, 0) is 20.9 Å². The molecular weight excluding hydrogens is 416 g/mol. The maximum atomic E-state index is 12.2. The highest BCUT2D eigenvalue weighted by molar-refractivity contribution is 7.80. The number of nitrogens with one attached hydrogen (secondary N) is 3. The lowest BCUT2D eigenvalue weighted by atomic mass is 10.1. The normalized spacial score (nSPS) is 12.6. The zero-order chi connectivity index (χ0) is 22.5. The highest BCUT2D eigenvalue weighted by Crippen LogP contribution is 2.06. The van der Waals surface area contributed by atoms with Crippen molar-refractivity contribution in [3.8, 4) is 0 Å². The number of nitrogens with zero attached hydrogens (tertiary/aromatic N) is 3. The minimum Gasteiger partial charge on any atom is -0.390 e. The minimum absolute atomic E-state index is 0.0232. The maximum Gasteiger partial charge on any atom is 0.434 e. The molecule has 0 fully saturated rings. The molecule has 2 atom stereocenters. The van der Waals surface area contributed by atoms with E-state index in [0.717, 1.165) is 6.42 Å². The molecule has 3 amide bonds. The molecule has 0 aliphatic heterocycles. The van der Waals surface area contributed by atoms with Crippen molar-refractivity contribution in [2.45, 2.75) is 37.9 Å². The van der Waals surface area contributed by atoms with Gasteiger partial charge in [0.05, 0.1) is 19.1 Å². The van der Waals surface area contributed by atoms with E-state index >= 15 is 0 Å². The second-order valence-electron chi connectivity index (χ2n) is 6.38. The molecule has 0 unspecified atom stereocenters. The van der Waals surface area contributed by atoms with Crippen LogP contribution < -0.4 is 27.4 Å². The summed E-state index contributed by atoms with van der Waals surface area (Å²) >= 11 is 4.05. The summed E-state index contributed by atoms with van der Waals surface area (Å²) in [4.78, 5) is 49.8. The van der Waals surface area contributed by atoms with Crippen LogP contribution >= 0.6 is 12.6 Å². The summed E-state index contributed by atoms with van der Waals surface area (Å²) in [5, 5.41) is 18.2. The van der Waals surface area contributed by atoms with Crippen LogP contribution in [0.1, 0.15) is 19.3 Å². The topological polar surface area (TPSA) is 200 Å². The van der Waals surface area contributed by atoms with Crippen LogP contribution in [0.3, 0.4) is 0 Å². The van der Waals surface area contributed by atoms with Crippen molar-refractivity contribution in [3.63, 3.8) is 0 Å². The first-order valence-corrected chi connectivity index (χ1v) is 10.00. The van der Waals surface area contributed by atoms with Gasteiger partial charge in [-0.05, 0) is 24.3 Å². The molecule has 1 heterocycles. The number of rotatable bonds is 14. The highest BCUT2D eigenvalue weighted by atomic mass is 32.1. The van der Waals surface area contributed by atoms with Gasteiger partial charge >= 0.3 is 5.95 Å². The van der Waals surface area contributed by atoms with E-state index in [1.807, 2.05) is 0 Å². The van der Waals surface area contributed by atoms with E-state index in [1.54, 1.807) is 0 Å². The molecule has 0 radical (unpaired) electrons. The fraction of sp³-hybridized carbons (Fsp3) is 0.625. The molecule has 0 aromatic carbocycles. The second kappa shape index (κ2) is 13.5. The molecule has 0 spiro atoms. The second-order valence-corrected chi connectivity index (χ2v) is 6.75. The van der Waals surface area contributed by atoms with Gasteiger partial charge in [0.15, 0.2) is 0 Å². The monoisotopic (exact) mass is 444 g/mol. The number of imidazole rings is 1. The fourth-order valence-electron chi connectivity index (χ4n) is 2.45. The minimum atomic E-state index is -0.936. The summed E-state index contributed by atoms with van der Waals surface area (Å²) in [5.41, 5.74) is 11.1. The SMILES string of the molecule is NCCCC[C@H](N)C(=O)NCC(=O)N[C@@H](CS)C(=O)NCCn1ccnc1[N+](=O)[O-]. The predicted octanol–water partition coefficient (Wildman–Crippen LogP) is -2.11. The molecule has 0 aliphatic rings. The lowest BCUT2D eigenvalue weighted by Crippen LogP contribution is -2.52. The van der Waals surface area contributed by atoms with E-state index in [1.165, 1.54) is 17.0 Å². The van der Waals surface area contributed by atoms with Gasteiger partial charge in [-0.25, -0.2) is 4.57 Å². The molecule has 7 N–H and O–H groups in total. The van der Waals surface area contributed by atoms with Crippen molar-refractivity contribution in [2.24, 2.45) is 11.5 Å². The Labute approximate surface area is 178 Å². The number of nitro groups is 1. The Bertz CT molecular complexity index is 728. The quantitative estimate of drug-likeness (QED) is 0.0810. The number of amides is 3. The van der Waals surface area contributed by atoms with Crippen molar-refractivity contribution in [1.82, 2.24) is 25.5 Å². The number of unbranched alkanes of at least 4 members (excludes halogenated alkanes) is 1. The van der Waals surface area contributed by atoms with E-state index in [2.05, 4.69) is 33.6 Å². The molecule has 168 valence electrons. The number of carbonyl (C=O) groups excluding carboxylic acids is 3. The first-order chi connectivity index (χ1) is 14.3. The van der Waals surface area contributed by atoms with E-state index in [9.17, 15) is 24.5 Å². The zero-order valence-electron chi connectivity index (χ0n) is 16.5. The van der Waals surface area contributed by atoms with E-state index in [-0.39, 0.29) is 31.3 Å². The zero-order valence-corrected chi connectivity index (χ0v) is 17.3. The van der Waals surface area contributed by atoms with Crippen molar-refractivity contribution in [1.29, 1.82) is 0 Å². The van der Waals surface area contributed by atoms with Crippen molar-refractivity contribution < 1.29 is 19.3 Å². The summed E-state index contributed by atoms with van der Waals surface area (Å²) in [6.45, 7) is 0.406. The first kappa shape index (κ1) is 25.3. The molecule has 0 aliphatic carbocycles. The average molecular weight is 445 g/mol. The molecule has 0 bridgehead atoms. The van der Waals surface area contributed by atoms with Crippen LogP contribution in [0.2, 0.25) is 0 Å². The van der Waals surface area contributed by atoms with Gasteiger partial charge in [0, 0.05) is 12.3 Å². The standard InChI is InChI=1S/C16H28N8O5S/c17-4-2-1-3-11(18)14(26)21-9-13(25)22-12(10-30)15(27)19-5-7-23-8-6-20-16(23)24(28)29/h6,8,11-12,30H,1-5,7,9-10,17-18H2,(H,19,27)(H,21,26)(H,22,25)/t11-,12-/m0/s1. The Morgan fingerprint density at radius 1 is 1.27 bits per heavy atom. The lowest BCUT2D eigenvalue weighted by molar-refractivity contribution is -0.396. The third-order valence-electron chi connectivity index (χ3n) is 4.07. The molecule has 0 saturated heterocycles. The van der Waals surface area contributed by atoms with E-state index in [0.29, 0.717) is 19.4 Å². The molecule has 13 nitrogen and oxygen atoms in total. The highest BCUT2D eigenvalue weighted by Gasteiger charge is 2.21. The summed E-state index contributed by atoms with van der Waals surface area (Å²) in [7, 11) is 0. The smallest absolute Gasteiger partial charge is 0.390 e. The summed E-state index contributed by atoms with van der Waals surface area (Å²) in [6, 6.07) is -1.67. The summed E-state index contributed by atoms with van der Waals surface area (Å²) in [5.74, 6) is -1.85. The number of hydrogen-bond acceptors (Lipinski definition) is 9. The number of carbonyl (C=O) groups is 3. The number of thiol groups is 1. The molecule has 14 heteroatoms. The molecular formula is C16H28N8O5S. The van der Waals surface area contributed by atoms with Crippen LogP contribution in [0.25, 0.3) is 0 Å². The van der Waals surface area contributed by atoms with E-state index in [4.69, 9.17) is 11.5 Å². The average Bonchev–Trinajstić information content (AvgIpc) is 3.19. The van der Waals surface area contributed by atoms with Crippen LogP contribution in [0.5, 0.6) is 0 Å². The van der Waals surface area contributed by atoms with Crippen molar-refractivity contribution in [2.75, 3.05) is 25.4 Å². The predicted molar refractivity (Wildman–Crippen MR) is 112 cm³/mol. The molecule has 30 heavy (non-hydrogen) atoms. The van der Waals surface area contributed by atoms with Gasteiger partial charge < -0.3 is 37.5 Å². The number of hydrogen-bond donors (Lipinski definition) is 6. The van der Waals surface area contributed by atoms with Gasteiger partial charge in [0.1, 0.15) is 18.4 Å². The molecule has 1 aromatic rings. The summed E-state index contributed by atoms with van der Waals surface area (Å²) < 4.78 is 1.28. The fourth-order valence-corrected chi connectivity index (χ4v) is 2.71. The van der Waals surface area contributed by atoms with E-state index < -0.39 is 34.7 Å². The molecule has 1 rings (SSSR count). The molecule has 1 aromatic heterocycles. The first-order valence-electron chi connectivity index (χ1n) is 9.37. The Morgan fingerprint density at radius 3 is 2.63 bits per heavy atom. The van der Waals surface area contributed by atoms with Crippen molar-refractivity contribution in [3.05, 3.63) is 22.5 Å². The van der Waals surface area contributed by atoms with Gasteiger partial charge in [-0.15, -0.1) is 0 Å². The van der Waals surface area contributed by atoms with Crippen LogP contribution in [-0.4, -0.2) is 69.7 Å². The largest absolute Gasteiger partial charge is 0.434 e. The Kier molecular flexibility index (Phi) is 11.4. The number of aromatic nitrogens is 2. The van der Waals surface area contributed by atoms with Crippen LogP contribution in [0.4, 0.5) is 5.95 Å². The Morgan fingerprint density at radius 2 is 2.00 bits per heavy atom. The molecule has 0 saturated carbocycles. The maximum absolute atomic E-state index is 12.2. The van der Waals surface area contributed by atoms with Gasteiger partial charge in [0.2, 0.25) is 17.7 Å². The third-order valence-corrected chi connectivity index (χ3v) is 4.44. The Hall–Kier alpha value is -2.71. The number of nitrogens with two attached hydrogens (primary N) is 2. The van der Waals surface area contributed by atoms with Crippen LogP contribution in [0, 0.1) is 10.1 Å². The van der Waals surface area contributed by atoms with Gasteiger partial charge in [-0.3, -0.25) is 14.4 Å². The van der Waals surface area contributed by atoms with Gasteiger partial charge in [-0.1, -0.05) is 11.4 Å².